The highest BCUT2D eigenvalue weighted by atomic mass is 16.5. The molecule has 0 amide bonds. The molecule has 0 spiro atoms. The summed E-state index contributed by atoms with van der Waals surface area (Å²) in [5.41, 5.74) is 2.35. The fourth-order valence-corrected chi connectivity index (χ4v) is 2.60. The predicted molar refractivity (Wildman–Crippen MR) is 62.2 cm³/mol. The summed E-state index contributed by atoms with van der Waals surface area (Å²) in [6.45, 7) is 0. The van der Waals surface area contributed by atoms with Crippen LogP contribution in [-0.4, -0.2) is 17.3 Å². The van der Waals surface area contributed by atoms with E-state index >= 15 is 0 Å². The number of hydrogen-bond donors (Lipinski definition) is 1. The first-order valence-electron chi connectivity index (χ1n) is 6.26. The van der Waals surface area contributed by atoms with Crippen LogP contribution >= 0.6 is 0 Å². The van der Waals surface area contributed by atoms with Crippen molar-refractivity contribution >= 4 is 0 Å². The third-order valence-corrected chi connectivity index (χ3v) is 3.84. The van der Waals surface area contributed by atoms with Crippen molar-refractivity contribution in [2.24, 2.45) is 0 Å². The van der Waals surface area contributed by atoms with E-state index in [-0.39, 0.29) is 6.10 Å². The molecule has 2 atom stereocenters. The Bertz CT molecular complexity index is 371. The van der Waals surface area contributed by atoms with Gasteiger partial charge in [-0.25, -0.2) is 0 Å². The Balaban J connectivity index is 1.75. The quantitative estimate of drug-likeness (QED) is 0.826. The summed E-state index contributed by atoms with van der Waals surface area (Å²) in [5, 5.41) is 10.3. The van der Waals surface area contributed by atoms with Crippen LogP contribution in [0.25, 0.3) is 0 Å². The van der Waals surface area contributed by atoms with Gasteiger partial charge >= 0.3 is 0 Å². The van der Waals surface area contributed by atoms with Gasteiger partial charge in [0.1, 0.15) is 6.10 Å². The number of ether oxygens (including phenoxy) is 1. The smallest absolute Gasteiger partial charge is 0.105 e. The second-order valence-corrected chi connectivity index (χ2v) is 4.91. The monoisotopic (exact) mass is 218 g/mol. The molecule has 86 valence electrons. The summed E-state index contributed by atoms with van der Waals surface area (Å²) in [6, 6.07) is 8.17. The largest absolute Gasteiger partial charge is 0.386 e. The van der Waals surface area contributed by atoms with Crippen molar-refractivity contribution in [1.82, 2.24) is 0 Å². The topological polar surface area (TPSA) is 29.5 Å². The number of aliphatic hydroxyl groups excluding tert-OH is 1. The Hall–Kier alpha value is -0.860. The van der Waals surface area contributed by atoms with Crippen LogP contribution in [0, 0.1) is 0 Å². The predicted octanol–water partition coefficient (Wildman–Crippen LogP) is 2.60. The Morgan fingerprint density at radius 2 is 1.94 bits per heavy atom. The molecule has 3 rings (SSSR count). The summed E-state index contributed by atoms with van der Waals surface area (Å²) in [6.07, 6.45) is 5.61. The molecular weight excluding hydrogens is 200 g/mol. The lowest BCUT2D eigenvalue weighted by Crippen LogP contribution is -2.34. The van der Waals surface area contributed by atoms with Gasteiger partial charge in [-0.1, -0.05) is 24.3 Å². The molecule has 0 bridgehead atoms. The van der Waals surface area contributed by atoms with E-state index in [9.17, 15) is 5.11 Å². The lowest BCUT2D eigenvalue weighted by molar-refractivity contribution is -0.109. The first-order chi connectivity index (χ1) is 7.84. The van der Waals surface area contributed by atoms with Crippen molar-refractivity contribution in [1.29, 1.82) is 0 Å². The zero-order valence-electron chi connectivity index (χ0n) is 9.43. The van der Waals surface area contributed by atoms with E-state index in [0.29, 0.717) is 6.10 Å². The molecule has 2 aliphatic rings. The molecule has 1 saturated carbocycles. The molecule has 2 unspecified atom stereocenters. The number of fused-ring (bicyclic) bond motifs is 1. The molecule has 0 saturated heterocycles. The summed E-state index contributed by atoms with van der Waals surface area (Å²) in [4.78, 5) is 0. The van der Waals surface area contributed by atoms with Gasteiger partial charge < -0.3 is 9.84 Å². The van der Waals surface area contributed by atoms with Crippen LogP contribution in [0.3, 0.4) is 0 Å². The van der Waals surface area contributed by atoms with Crippen LogP contribution in [-0.2, 0) is 11.2 Å². The lowest BCUT2D eigenvalue weighted by Gasteiger charge is -2.36. The summed E-state index contributed by atoms with van der Waals surface area (Å²) in [5.74, 6) is 0. The molecule has 2 aliphatic carbocycles. The zero-order chi connectivity index (χ0) is 11.0. The van der Waals surface area contributed by atoms with Gasteiger partial charge in [0, 0.05) is 0 Å². The molecule has 1 fully saturated rings. The molecule has 0 heterocycles. The average Bonchev–Trinajstić information content (AvgIpc) is 2.26. The number of aryl methyl sites for hydroxylation is 1. The van der Waals surface area contributed by atoms with Crippen molar-refractivity contribution < 1.29 is 9.84 Å². The maximum absolute atomic E-state index is 10.3. The number of hydrogen-bond acceptors (Lipinski definition) is 2. The minimum Gasteiger partial charge on any atom is -0.386 e. The van der Waals surface area contributed by atoms with Crippen LogP contribution in [0.15, 0.2) is 24.3 Å². The Morgan fingerprint density at radius 1 is 1.12 bits per heavy atom. The molecular formula is C14H18O2. The van der Waals surface area contributed by atoms with E-state index in [1.807, 2.05) is 18.2 Å². The highest BCUT2D eigenvalue weighted by Crippen LogP contribution is 2.34. The zero-order valence-corrected chi connectivity index (χ0v) is 9.43. The first-order valence-corrected chi connectivity index (χ1v) is 6.26. The van der Waals surface area contributed by atoms with Crippen molar-refractivity contribution in [3.8, 4) is 0 Å². The highest BCUT2D eigenvalue weighted by Gasteiger charge is 2.31. The second-order valence-electron chi connectivity index (χ2n) is 4.91. The van der Waals surface area contributed by atoms with Gasteiger partial charge in [0.05, 0.1) is 12.2 Å². The Labute approximate surface area is 96.2 Å². The normalized spacial score (nSPS) is 29.6. The van der Waals surface area contributed by atoms with Gasteiger partial charge in [0.25, 0.3) is 0 Å². The average molecular weight is 218 g/mol. The third-order valence-electron chi connectivity index (χ3n) is 3.84. The molecule has 1 aromatic carbocycles. The van der Waals surface area contributed by atoms with E-state index in [0.717, 1.165) is 18.4 Å². The van der Waals surface area contributed by atoms with Gasteiger partial charge in [-0.2, -0.15) is 0 Å². The summed E-state index contributed by atoms with van der Waals surface area (Å²) >= 11 is 0. The van der Waals surface area contributed by atoms with Crippen molar-refractivity contribution in [3.63, 3.8) is 0 Å². The molecule has 16 heavy (non-hydrogen) atoms. The van der Waals surface area contributed by atoms with Crippen LogP contribution in [0.2, 0.25) is 0 Å². The number of aliphatic hydroxyl groups is 1. The minimum atomic E-state index is -0.425. The van der Waals surface area contributed by atoms with Crippen LogP contribution in [0.5, 0.6) is 0 Å². The van der Waals surface area contributed by atoms with Gasteiger partial charge in [0.2, 0.25) is 0 Å². The molecule has 2 heteroatoms. The van der Waals surface area contributed by atoms with Crippen molar-refractivity contribution in [3.05, 3.63) is 35.4 Å². The van der Waals surface area contributed by atoms with Crippen molar-refractivity contribution in [2.45, 2.75) is 50.4 Å². The van der Waals surface area contributed by atoms with Gasteiger partial charge in [0.15, 0.2) is 0 Å². The lowest BCUT2D eigenvalue weighted by atomic mass is 9.86. The van der Waals surface area contributed by atoms with E-state index < -0.39 is 6.10 Å². The fourth-order valence-electron chi connectivity index (χ4n) is 2.60. The van der Waals surface area contributed by atoms with Gasteiger partial charge in [-0.05, 0) is 43.2 Å². The van der Waals surface area contributed by atoms with E-state index in [1.165, 1.54) is 24.8 Å². The standard InChI is InChI=1S/C14H18O2/c15-14-12-7-2-1-4-10(12)8-9-13(14)16-11-5-3-6-11/h1-2,4,7,11,13-15H,3,5-6,8-9H2. The molecule has 1 N–H and O–H groups in total. The molecule has 0 aromatic heterocycles. The molecule has 0 aliphatic heterocycles. The maximum atomic E-state index is 10.3. The van der Waals surface area contributed by atoms with Crippen LogP contribution in [0.4, 0.5) is 0 Å². The minimum absolute atomic E-state index is 0.0141. The molecule has 1 aromatic rings. The number of rotatable bonds is 2. The molecule has 0 radical (unpaired) electrons. The Morgan fingerprint density at radius 3 is 2.69 bits per heavy atom. The highest BCUT2D eigenvalue weighted by molar-refractivity contribution is 5.32. The molecule has 2 nitrogen and oxygen atoms in total. The van der Waals surface area contributed by atoms with Crippen LogP contribution < -0.4 is 0 Å². The van der Waals surface area contributed by atoms with E-state index in [2.05, 4.69) is 6.07 Å². The summed E-state index contributed by atoms with van der Waals surface area (Å²) in [7, 11) is 0. The SMILES string of the molecule is OC1c2ccccc2CCC1OC1CCC1. The fraction of sp³-hybridized carbons (Fsp3) is 0.571. The Kier molecular flexibility index (Phi) is 2.70. The third kappa shape index (κ3) is 1.76. The second kappa shape index (κ2) is 4.19. The van der Waals surface area contributed by atoms with Crippen LogP contribution in [0.1, 0.15) is 42.9 Å². The van der Waals surface area contributed by atoms with E-state index in [1.54, 1.807) is 0 Å². The van der Waals surface area contributed by atoms with Gasteiger partial charge in [-0.15, -0.1) is 0 Å². The first kappa shape index (κ1) is 10.3. The maximum Gasteiger partial charge on any atom is 0.105 e. The van der Waals surface area contributed by atoms with Crippen molar-refractivity contribution in [2.75, 3.05) is 0 Å². The van der Waals surface area contributed by atoms with Gasteiger partial charge in [-0.3, -0.25) is 0 Å². The van der Waals surface area contributed by atoms with E-state index in [4.69, 9.17) is 4.74 Å². The number of benzene rings is 1. The summed E-state index contributed by atoms with van der Waals surface area (Å²) < 4.78 is 5.95.